The fourth-order valence-electron chi connectivity index (χ4n) is 5.55. The van der Waals surface area contributed by atoms with E-state index in [-0.39, 0.29) is 32.4 Å². The van der Waals surface area contributed by atoms with E-state index in [9.17, 15) is 9.36 Å². The normalized spacial score (nSPS) is 12.4. The van der Waals surface area contributed by atoms with Crippen molar-refractivity contribution in [3.05, 3.63) is 12.2 Å². The van der Waals surface area contributed by atoms with Gasteiger partial charge in [0.15, 0.2) is 0 Å². The molecule has 0 aliphatic carbocycles. The van der Waals surface area contributed by atoms with Gasteiger partial charge in [-0.3, -0.25) is 9.32 Å². The molecule has 0 unspecified atom stereocenters. The second-order valence-corrected chi connectivity index (χ2v) is 15.2. The summed E-state index contributed by atoms with van der Waals surface area (Å²) in [6, 6.07) is 0. The number of allylic oxidation sites excluding steroid dienone is 2. The third kappa shape index (κ3) is 47.1. The molecule has 0 radical (unpaired) electrons. The molecular formula is C40H81O10P. The number of unbranched alkanes of at least 4 members (excludes halogenated alkanes) is 24. The van der Waals surface area contributed by atoms with Gasteiger partial charge in [0.05, 0.1) is 26.4 Å². The van der Waals surface area contributed by atoms with Gasteiger partial charge in [-0.15, -0.1) is 0 Å². The SMILES string of the molecule is CCCCCCCC/C=C\CCCCCCCC(=O)O[C@H](COCCCCCCCCCCCCCCCC)COP(=O)(O)O.OCC(O)CO. The second-order valence-electron chi connectivity index (χ2n) is 13.9. The lowest BCUT2D eigenvalue weighted by atomic mass is 10.0. The van der Waals surface area contributed by atoms with Gasteiger partial charge in [-0.05, 0) is 38.5 Å². The Hall–Kier alpha value is -0.840. The predicted octanol–water partition coefficient (Wildman–Crippen LogP) is 9.87. The van der Waals surface area contributed by atoms with Crippen LogP contribution in [0.4, 0.5) is 0 Å². The van der Waals surface area contributed by atoms with Crippen molar-refractivity contribution >= 4 is 13.8 Å². The van der Waals surface area contributed by atoms with Crippen molar-refractivity contribution in [3.8, 4) is 0 Å². The topological polar surface area (TPSA) is 163 Å². The monoisotopic (exact) mass is 753 g/mol. The number of hydrogen-bond acceptors (Lipinski definition) is 8. The number of hydrogen-bond donors (Lipinski definition) is 5. The summed E-state index contributed by atoms with van der Waals surface area (Å²) < 4.78 is 26.9. The lowest BCUT2D eigenvalue weighted by Crippen LogP contribution is -2.28. The Morgan fingerprint density at radius 2 is 0.980 bits per heavy atom. The van der Waals surface area contributed by atoms with Gasteiger partial charge >= 0.3 is 13.8 Å². The van der Waals surface area contributed by atoms with Crippen molar-refractivity contribution in [3.63, 3.8) is 0 Å². The molecule has 0 spiro atoms. The van der Waals surface area contributed by atoms with Gasteiger partial charge in [0, 0.05) is 13.0 Å². The third-order valence-corrected chi connectivity index (χ3v) is 9.22. The number of ether oxygens (including phenoxy) is 2. The molecule has 0 aromatic heterocycles. The Morgan fingerprint density at radius 3 is 1.37 bits per heavy atom. The number of phosphoric ester groups is 1. The minimum Gasteiger partial charge on any atom is -0.457 e. The number of carbonyl (C=O) groups is 1. The van der Waals surface area contributed by atoms with Gasteiger partial charge in [-0.25, -0.2) is 4.57 Å². The van der Waals surface area contributed by atoms with Crippen LogP contribution in [-0.2, 0) is 23.4 Å². The lowest BCUT2D eigenvalue weighted by molar-refractivity contribution is -0.154. The zero-order chi connectivity index (χ0) is 38.1. The van der Waals surface area contributed by atoms with Gasteiger partial charge in [0.2, 0.25) is 0 Å². The highest BCUT2D eigenvalue weighted by atomic mass is 31.2. The molecule has 0 aromatic rings. The Labute approximate surface area is 312 Å². The fraction of sp³-hybridized carbons (Fsp3) is 0.925. The van der Waals surface area contributed by atoms with Crippen LogP contribution in [0.2, 0.25) is 0 Å². The zero-order valence-corrected chi connectivity index (χ0v) is 33.8. The summed E-state index contributed by atoms with van der Waals surface area (Å²) in [6.07, 6.45) is 36.7. The Balaban J connectivity index is 0. The summed E-state index contributed by atoms with van der Waals surface area (Å²) in [6.45, 7) is 4.03. The van der Waals surface area contributed by atoms with E-state index >= 15 is 0 Å². The molecule has 0 amide bonds. The number of esters is 1. The van der Waals surface area contributed by atoms with Gasteiger partial charge in [-0.2, -0.15) is 0 Å². The van der Waals surface area contributed by atoms with Crippen LogP contribution < -0.4 is 0 Å². The molecule has 0 saturated heterocycles. The molecule has 51 heavy (non-hydrogen) atoms. The van der Waals surface area contributed by atoms with E-state index in [1.807, 2.05) is 0 Å². The Morgan fingerprint density at radius 1 is 0.588 bits per heavy atom. The molecule has 0 aliphatic rings. The highest BCUT2D eigenvalue weighted by molar-refractivity contribution is 7.46. The maximum absolute atomic E-state index is 12.3. The first-order valence-electron chi connectivity index (χ1n) is 20.7. The van der Waals surface area contributed by atoms with Crippen LogP contribution in [0.25, 0.3) is 0 Å². The van der Waals surface area contributed by atoms with E-state index in [1.165, 1.54) is 128 Å². The predicted molar refractivity (Wildman–Crippen MR) is 209 cm³/mol. The van der Waals surface area contributed by atoms with Crippen molar-refractivity contribution < 1.29 is 48.5 Å². The summed E-state index contributed by atoms with van der Waals surface area (Å²) in [5.41, 5.74) is 0. The van der Waals surface area contributed by atoms with Gasteiger partial charge in [-0.1, -0.05) is 161 Å². The molecule has 10 nitrogen and oxygen atoms in total. The first-order valence-corrected chi connectivity index (χ1v) is 22.2. The molecule has 5 N–H and O–H groups in total. The van der Waals surface area contributed by atoms with Crippen molar-refractivity contribution in [1.29, 1.82) is 0 Å². The third-order valence-electron chi connectivity index (χ3n) is 8.74. The Bertz CT molecular complexity index is 772. The highest BCUT2D eigenvalue weighted by Crippen LogP contribution is 2.36. The van der Waals surface area contributed by atoms with E-state index < -0.39 is 20.0 Å². The molecule has 11 heteroatoms. The molecule has 0 saturated carbocycles. The number of aliphatic hydroxyl groups is 3. The van der Waals surface area contributed by atoms with E-state index in [0.29, 0.717) is 13.0 Å². The molecule has 0 aromatic carbocycles. The summed E-state index contributed by atoms with van der Waals surface area (Å²) in [5.74, 6) is -0.368. The van der Waals surface area contributed by atoms with Gasteiger partial charge in [0.25, 0.3) is 0 Å². The van der Waals surface area contributed by atoms with Crippen LogP contribution in [0.5, 0.6) is 0 Å². The van der Waals surface area contributed by atoms with E-state index in [2.05, 4.69) is 30.5 Å². The van der Waals surface area contributed by atoms with Crippen molar-refractivity contribution in [1.82, 2.24) is 0 Å². The largest absolute Gasteiger partial charge is 0.469 e. The zero-order valence-electron chi connectivity index (χ0n) is 32.9. The number of aliphatic hydroxyl groups excluding tert-OH is 3. The molecular weight excluding hydrogens is 671 g/mol. The molecule has 306 valence electrons. The quantitative estimate of drug-likeness (QED) is 0.0178. The van der Waals surface area contributed by atoms with Crippen LogP contribution in [0.3, 0.4) is 0 Å². The fourth-order valence-corrected chi connectivity index (χ4v) is 5.91. The summed E-state index contributed by atoms with van der Waals surface area (Å²) in [5, 5.41) is 24.0. The van der Waals surface area contributed by atoms with Gasteiger partial charge < -0.3 is 34.6 Å². The van der Waals surface area contributed by atoms with Gasteiger partial charge in [0.1, 0.15) is 12.2 Å². The average molecular weight is 753 g/mol. The number of rotatable bonds is 38. The summed E-state index contributed by atoms with van der Waals surface area (Å²) in [7, 11) is -4.64. The molecule has 0 fully saturated rings. The Kier molecular flexibility index (Phi) is 42.9. The van der Waals surface area contributed by atoms with E-state index in [1.54, 1.807) is 0 Å². The standard InChI is InChI=1S/C37H73O7P.C3H8O3/c1-3-5-7-9-11-13-15-17-19-20-22-24-26-28-30-32-37(38)44-36(35-43-45(39,40)41)34-42-33-31-29-27-25-23-21-18-16-14-12-10-8-6-4-2;4-1-3(6)2-5/h17,19,36H,3-16,18,20-35H2,1-2H3,(H2,39,40,41);3-6H,1-2H2/b19-17-;/t36-;/m1./s1. The maximum Gasteiger partial charge on any atom is 0.469 e. The van der Waals surface area contributed by atoms with Crippen LogP contribution in [0.15, 0.2) is 12.2 Å². The van der Waals surface area contributed by atoms with Crippen molar-refractivity contribution in [2.75, 3.05) is 33.0 Å². The summed E-state index contributed by atoms with van der Waals surface area (Å²) >= 11 is 0. The minimum atomic E-state index is -4.64. The lowest BCUT2D eigenvalue weighted by Gasteiger charge is -2.18. The average Bonchev–Trinajstić information content (AvgIpc) is 3.11. The molecule has 0 aliphatic heterocycles. The second kappa shape index (κ2) is 41.9. The van der Waals surface area contributed by atoms with Crippen LogP contribution in [-0.4, -0.2) is 76.3 Å². The minimum absolute atomic E-state index is 0.0799. The van der Waals surface area contributed by atoms with Crippen LogP contribution in [0, 0.1) is 0 Å². The van der Waals surface area contributed by atoms with E-state index in [4.69, 9.17) is 34.6 Å². The smallest absolute Gasteiger partial charge is 0.457 e. The van der Waals surface area contributed by atoms with Crippen molar-refractivity contribution in [2.45, 2.75) is 206 Å². The first-order chi connectivity index (χ1) is 24.7. The highest BCUT2D eigenvalue weighted by Gasteiger charge is 2.21. The van der Waals surface area contributed by atoms with E-state index in [0.717, 1.165) is 44.9 Å². The maximum atomic E-state index is 12.3. The number of phosphoric acid groups is 1. The number of carbonyl (C=O) groups excluding carboxylic acids is 1. The van der Waals surface area contributed by atoms with Crippen molar-refractivity contribution in [2.24, 2.45) is 0 Å². The molecule has 0 heterocycles. The molecule has 0 rings (SSSR count). The molecule has 0 bridgehead atoms. The first kappa shape index (κ1) is 52.3. The summed E-state index contributed by atoms with van der Waals surface area (Å²) in [4.78, 5) is 30.5. The van der Waals surface area contributed by atoms with Crippen LogP contribution >= 0.6 is 7.82 Å². The molecule has 1 atom stereocenters. The van der Waals surface area contributed by atoms with Crippen LogP contribution in [0.1, 0.15) is 194 Å².